The number of halogens is 3. The summed E-state index contributed by atoms with van der Waals surface area (Å²) in [5.74, 6) is -0.229. The van der Waals surface area contributed by atoms with Crippen molar-refractivity contribution in [1.82, 2.24) is 4.90 Å². The molecule has 1 saturated heterocycles. The molecule has 0 saturated carbocycles. The minimum Gasteiger partial charge on any atom is -0.492 e. The van der Waals surface area contributed by atoms with E-state index in [9.17, 15) is 14.0 Å². The maximum atomic E-state index is 14.3. The van der Waals surface area contributed by atoms with Crippen molar-refractivity contribution in [3.05, 3.63) is 57.3 Å². The third-order valence-corrected chi connectivity index (χ3v) is 5.59. The molecule has 0 aromatic heterocycles. The van der Waals surface area contributed by atoms with Crippen LogP contribution >= 0.6 is 23.2 Å². The van der Waals surface area contributed by atoms with Crippen LogP contribution in [0.4, 0.5) is 4.39 Å². The second-order valence-electron chi connectivity index (χ2n) is 6.88. The van der Waals surface area contributed by atoms with E-state index in [2.05, 4.69) is 0 Å². The zero-order valence-electron chi connectivity index (χ0n) is 14.7. The van der Waals surface area contributed by atoms with Crippen LogP contribution in [0.3, 0.4) is 0 Å². The normalized spacial score (nSPS) is 16.2. The molecule has 0 aliphatic carbocycles. The first-order valence-electron chi connectivity index (χ1n) is 8.75. The van der Waals surface area contributed by atoms with Gasteiger partial charge in [0.25, 0.3) is 5.91 Å². The number of hydrogen-bond donors (Lipinski definition) is 0. The summed E-state index contributed by atoms with van der Waals surface area (Å²) in [5.41, 5.74) is 0.492. The molecular weight excluding hydrogens is 408 g/mol. The molecule has 2 aliphatic rings. The van der Waals surface area contributed by atoms with Gasteiger partial charge in [0.2, 0.25) is 0 Å². The fourth-order valence-electron chi connectivity index (χ4n) is 3.27. The Morgan fingerprint density at radius 3 is 2.86 bits per heavy atom. The smallest absolute Gasteiger partial charge is 0.256 e. The molecule has 2 aromatic carbocycles. The fourth-order valence-corrected chi connectivity index (χ4v) is 3.62. The van der Waals surface area contributed by atoms with Crippen molar-refractivity contribution < 1.29 is 23.5 Å². The summed E-state index contributed by atoms with van der Waals surface area (Å²) in [4.78, 5) is 25.7. The van der Waals surface area contributed by atoms with Crippen molar-refractivity contribution in [2.75, 3.05) is 26.3 Å². The van der Waals surface area contributed by atoms with E-state index in [-0.39, 0.29) is 30.3 Å². The molecular formula is C20H16Cl2FNO4. The largest absolute Gasteiger partial charge is 0.492 e. The van der Waals surface area contributed by atoms with Crippen LogP contribution in [-0.2, 0) is 11.2 Å². The number of hydrogen-bond acceptors (Lipinski definition) is 4. The number of likely N-dealkylation sites (tertiary alicyclic amines) is 1. The average molecular weight is 424 g/mol. The van der Waals surface area contributed by atoms with Crippen LogP contribution < -0.4 is 9.47 Å². The monoisotopic (exact) mass is 423 g/mol. The first-order valence-corrected chi connectivity index (χ1v) is 9.51. The molecule has 0 spiro atoms. The van der Waals surface area contributed by atoms with Gasteiger partial charge in [-0.2, -0.15) is 0 Å². The molecule has 0 atom stereocenters. The standard InChI is InChI=1S/C20H16Cl2FNO4/c21-15-2-1-3-17(19(15)22)27-9-11-7-24(8-11)20(26)14-5-12-4-13(25)10-28-18(12)6-16(14)23/h1-3,5-6,11H,4,7-10H2. The summed E-state index contributed by atoms with van der Waals surface area (Å²) in [7, 11) is 0. The van der Waals surface area contributed by atoms with Crippen LogP contribution in [-0.4, -0.2) is 42.9 Å². The molecule has 0 bridgehead atoms. The molecule has 5 nitrogen and oxygen atoms in total. The summed E-state index contributed by atoms with van der Waals surface area (Å²) in [5, 5.41) is 0.763. The topological polar surface area (TPSA) is 55.8 Å². The van der Waals surface area contributed by atoms with Gasteiger partial charge in [-0.3, -0.25) is 9.59 Å². The van der Waals surface area contributed by atoms with E-state index in [0.717, 1.165) is 0 Å². The second-order valence-corrected chi connectivity index (χ2v) is 7.67. The lowest BCUT2D eigenvalue weighted by molar-refractivity contribution is -0.121. The molecule has 0 N–H and O–H groups in total. The quantitative estimate of drug-likeness (QED) is 0.750. The van der Waals surface area contributed by atoms with E-state index in [4.69, 9.17) is 32.7 Å². The number of amides is 1. The third-order valence-electron chi connectivity index (χ3n) is 4.79. The van der Waals surface area contributed by atoms with Crippen LogP contribution in [0.15, 0.2) is 30.3 Å². The molecule has 146 valence electrons. The number of fused-ring (bicyclic) bond motifs is 1. The maximum Gasteiger partial charge on any atom is 0.256 e. The highest BCUT2D eigenvalue weighted by molar-refractivity contribution is 6.42. The van der Waals surface area contributed by atoms with Gasteiger partial charge >= 0.3 is 0 Å². The van der Waals surface area contributed by atoms with Gasteiger partial charge in [-0.05, 0) is 18.2 Å². The zero-order valence-corrected chi connectivity index (χ0v) is 16.2. The molecule has 8 heteroatoms. The maximum absolute atomic E-state index is 14.3. The minimum absolute atomic E-state index is 0.0469. The van der Waals surface area contributed by atoms with Gasteiger partial charge < -0.3 is 14.4 Å². The Kier molecular flexibility index (Phi) is 5.17. The van der Waals surface area contributed by atoms with Gasteiger partial charge in [0.15, 0.2) is 5.78 Å². The molecule has 4 rings (SSSR count). The Hall–Kier alpha value is -2.31. The molecule has 2 heterocycles. The number of ether oxygens (including phenoxy) is 2. The number of rotatable bonds is 4. The number of benzene rings is 2. The first-order chi connectivity index (χ1) is 13.4. The molecule has 2 aromatic rings. The SMILES string of the molecule is O=C1COc2cc(F)c(C(=O)N3CC(COc4cccc(Cl)c4Cl)C3)cc2C1. The van der Waals surface area contributed by atoms with Crippen LogP contribution in [0.5, 0.6) is 11.5 Å². The highest BCUT2D eigenvalue weighted by Gasteiger charge is 2.34. The molecule has 0 unspecified atom stereocenters. The van der Waals surface area contributed by atoms with Crippen LogP contribution in [0.1, 0.15) is 15.9 Å². The Balaban J connectivity index is 1.37. The van der Waals surface area contributed by atoms with Gasteiger partial charge in [-0.25, -0.2) is 4.39 Å². The van der Waals surface area contributed by atoms with Crippen molar-refractivity contribution in [2.45, 2.75) is 6.42 Å². The summed E-state index contributed by atoms with van der Waals surface area (Å²) < 4.78 is 25.2. The van der Waals surface area contributed by atoms with E-state index < -0.39 is 11.7 Å². The number of nitrogens with zero attached hydrogens (tertiary/aromatic N) is 1. The van der Waals surface area contributed by atoms with Crippen molar-refractivity contribution in [3.63, 3.8) is 0 Å². The second kappa shape index (κ2) is 7.60. The van der Waals surface area contributed by atoms with E-state index >= 15 is 0 Å². The van der Waals surface area contributed by atoms with Crippen LogP contribution in [0, 0.1) is 11.7 Å². The van der Waals surface area contributed by atoms with Crippen LogP contribution in [0.25, 0.3) is 0 Å². The van der Waals surface area contributed by atoms with E-state index in [1.165, 1.54) is 12.1 Å². The Morgan fingerprint density at radius 1 is 1.29 bits per heavy atom. The zero-order chi connectivity index (χ0) is 19.8. The molecule has 0 radical (unpaired) electrons. The Labute approximate surface area is 170 Å². The molecule has 1 fully saturated rings. The number of carbonyl (C=O) groups is 2. The average Bonchev–Trinajstić information content (AvgIpc) is 2.63. The Bertz CT molecular complexity index is 959. The lowest BCUT2D eigenvalue weighted by atomic mass is 9.97. The molecule has 2 aliphatic heterocycles. The molecule has 1 amide bonds. The number of ketones is 1. The van der Waals surface area contributed by atoms with E-state index in [1.54, 1.807) is 23.1 Å². The summed E-state index contributed by atoms with van der Waals surface area (Å²) in [6, 6.07) is 7.73. The van der Waals surface area contributed by atoms with Gasteiger partial charge in [0, 0.05) is 37.1 Å². The van der Waals surface area contributed by atoms with Crippen molar-refractivity contribution in [2.24, 2.45) is 5.92 Å². The predicted octanol–water partition coefficient (Wildman–Crippen LogP) is 3.79. The fraction of sp³-hybridized carbons (Fsp3) is 0.300. The lowest BCUT2D eigenvalue weighted by Crippen LogP contribution is -2.52. The minimum atomic E-state index is -0.650. The highest BCUT2D eigenvalue weighted by atomic mass is 35.5. The van der Waals surface area contributed by atoms with Crippen molar-refractivity contribution in [1.29, 1.82) is 0 Å². The van der Waals surface area contributed by atoms with Crippen LogP contribution in [0.2, 0.25) is 10.0 Å². The van der Waals surface area contributed by atoms with Gasteiger partial charge in [-0.15, -0.1) is 0 Å². The number of Topliss-reactive ketones (excluding diaryl/α,β-unsaturated/α-hetero) is 1. The van der Waals surface area contributed by atoms with Gasteiger partial charge in [-0.1, -0.05) is 29.3 Å². The van der Waals surface area contributed by atoms with Gasteiger partial charge in [0.05, 0.1) is 17.2 Å². The van der Waals surface area contributed by atoms with E-state index in [0.29, 0.717) is 46.8 Å². The first kappa shape index (κ1) is 19.0. The highest BCUT2D eigenvalue weighted by Crippen LogP contribution is 2.33. The molecule has 28 heavy (non-hydrogen) atoms. The predicted molar refractivity (Wildman–Crippen MR) is 102 cm³/mol. The number of carbonyl (C=O) groups excluding carboxylic acids is 2. The Morgan fingerprint density at radius 2 is 2.07 bits per heavy atom. The summed E-state index contributed by atoms with van der Waals surface area (Å²) >= 11 is 12.0. The van der Waals surface area contributed by atoms with Gasteiger partial charge in [0.1, 0.15) is 28.9 Å². The van der Waals surface area contributed by atoms with Crippen molar-refractivity contribution in [3.8, 4) is 11.5 Å². The van der Waals surface area contributed by atoms with Crippen molar-refractivity contribution >= 4 is 34.9 Å². The lowest BCUT2D eigenvalue weighted by Gasteiger charge is -2.39. The third kappa shape index (κ3) is 3.66. The van der Waals surface area contributed by atoms with E-state index in [1.807, 2.05) is 0 Å². The summed E-state index contributed by atoms with van der Waals surface area (Å²) in [6.45, 7) is 1.20. The summed E-state index contributed by atoms with van der Waals surface area (Å²) in [6.07, 6.45) is 0.146.